The Hall–Kier alpha value is -2.77. The predicted octanol–water partition coefficient (Wildman–Crippen LogP) is 3.86. The highest BCUT2D eigenvalue weighted by Gasteiger charge is 2.24. The normalized spacial score (nSPS) is 13.7. The third-order valence-corrected chi connectivity index (χ3v) is 4.82. The van der Waals surface area contributed by atoms with Gasteiger partial charge in [0, 0.05) is 30.0 Å². The molecular formula is C21H20ClN3O. The van der Waals surface area contributed by atoms with Crippen LogP contribution in [0.3, 0.4) is 0 Å². The number of nitrogens with one attached hydrogen (secondary N) is 1. The zero-order valence-corrected chi connectivity index (χ0v) is 15.2. The molecule has 5 heteroatoms. The highest BCUT2D eigenvalue weighted by Crippen LogP contribution is 2.27. The van der Waals surface area contributed by atoms with Crippen LogP contribution in [0.2, 0.25) is 5.02 Å². The van der Waals surface area contributed by atoms with E-state index in [9.17, 15) is 10.1 Å². The van der Waals surface area contributed by atoms with Crippen molar-refractivity contribution in [3.05, 3.63) is 76.5 Å². The molecule has 4 nitrogen and oxygen atoms in total. The molecule has 0 aliphatic carbocycles. The number of halogens is 1. The molecule has 0 radical (unpaired) electrons. The van der Waals surface area contributed by atoms with Crippen LogP contribution in [0.15, 0.2) is 60.3 Å². The molecule has 3 rings (SSSR count). The summed E-state index contributed by atoms with van der Waals surface area (Å²) >= 11 is 6.14. The van der Waals surface area contributed by atoms with Gasteiger partial charge in [0.05, 0.1) is 0 Å². The third kappa shape index (κ3) is 4.07. The van der Waals surface area contributed by atoms with Gasteiger partial charge in [-0.05, 0) is 42.5 Å². The lowest BCUT2D eigenvalue weighted by atomic mass is 10.0. The van der Waals surface area contributed by atoms with E-state index < -0.39 is 0 Å². The molecule has 1 aliphatic heterocycles. The molecule has 1 N–H and O–H groups in total. The second-order valence-electron chi connectivity index (χ2n) is 6.15. The molecule has 0 atom stereocenters. The van der Waals surface area contributed by atoms with Gasteiger partial charge in [-0.2, -0.15) is 5.26 Å². The molecule has 2 aromatic carbocycles. The molecule has 0 unspecified atom stereocenters. The van der Waals surface area contributed by atoms with Crippen molar-refractivity contribution in [2.45, 2.75) is 19.3 Å². The smallest absolute Gasteiger partial charge is 0.270 e. The number of hydrogen-bond acceptors (Lipinski definition) is 3. The number of anilines is 1. The molecule has 2 aromatic rings. The molecule has 132 valence electrons. The van der Waals surface area contributed by atoms with Gasteiger partial charge in [0.1, 0.15) is 11.6 Å². The fourth-order valence-electron chi connectivity index (χ4n) is 3.11. The molecule has 0 aromatic heterocycles. The Bertz CT molecular complexity index is 870. The summed E-state index contributed by atoms with van der Waals surface area (Å²) in [7, 11) is 0. The van der Waals surface area contributed by atoms with Gasteiger partial charge in [0.25, 0.3) is 5.91 Å². The van der Waals surface area contributed by atoms with Gasteiger partial charge in [-0.25, -0.2) is 0 Å². The highest BCUT2D eigenvalue weighted by atomic mass is 35.5. The molecule has 0 fully saturated rings. The lowest BCUT2D eigenvalue weighted by Gasteiger charge is -2.29. The summed E-state index contributed by atoms with van der Waals surface area (Å²) in [4.78, 5) is 14.5. The van der Waals surface area contributed by atoms with Gasteiger partial charge < -0.3 is 10.2 Å². The quantitative estimate of drug-likeness (QED) is 0.497. The Morgan fingerprint density at radius 1 is 1.23 bits per heavy atom. The van der Waals surface area contributed by atoms with Crippen LogP contribution in [0.4, 0.5) is 5.69 Å². The fourth-order valence-corrected chi connectivity index (χ4v) is 3.34. The van der Waals surface area contributed by atoms with E-state index in [1.165, 1.54) is 6.20 Å². The zero-order chi connectivity index (χ0) is 18.4. The van der Waals surface area contributed by atoms with Crippen molar-refractivity contribution in [1.82, 2.24) is 5.32 Å². The first-order valence-electron chi connectivity index (χ1n) is 8.67. The molecule has 1 amide bonds. The Balaban J connectivity index is 1.65. The predicted molar refractivity (Wildman–Crippen MR) is 104 cm³/mol. The van der Waals surface area contributed by atoms with Gasteiger partial charge in [0.15, 0.2) is 0 Å². The maximum absolute atomic E-state index is 12.8. The summed E-state index contributed by atoms with van der Waals surface area (Å²) in [6.07, 6.45) is 4.09. The first kappa shape index (κ1) is 18.0. The molecular weight excluding hydrogens is 346 g/mol. The monoisotopic (exact) mass is 365 g/mol. The molecule has 0 saturated carbocycles. The molecule has 1 heterocycles. The molecule has 0 bridgehead atoms. The average molecular weight is 366 g/mol. The van der Waals surface area contributed by atoms with E-state index in [0.29, 0.717) is 13.1 Å². The molecule has 0 saturated heterocycles. The Labute approximate surface area is 158 Å². The van der Waals surface area contributed by atoms with Crippen molar-refractivity contribution in [3.63, 3.8) is 0 Å². The second kappa shape index (κ2) is 8.55. The van der Waals surface area contributed by atoms with Crippen molar-refractivity contribution < 1.29 is 4.79 Å². The summed E-state index contributed by atoms with van der Waals surface area (Å²) in [6.45, 7) is 1.23. The second-order valence-corrected chi connectivity index (χ2v) is 6.56. The zero-order valence-electron chi connectivity index (χ0n) is 14.4. The van der Waals surface area contributed by atoms with Gasteiger partial charge in [0.2, 0.25) is 0 Å². The number of amides is 1. The van der Waals surface area contributed by atoms with Crippen LogP contribution in [0.25, 0.3) is 0 Å². The largest absolute Gasteiger partial charge is 0.389 e. The average Bonchev–Trinajstić information content (AvgIpc) is 2.68. The lowest BCUT2D eigenvalue weighted by Crippen LogP contribution is -2.36. The number of rotatable bonds is 5. The number of hydrogen-bond donors (Lipinski definition) is 1. The van der Waals surface area contributed by atoms with Crippen LogP contribution in [-0.4, -0.2) is 19.0 Å². The fraction of sp³-hybridized carbons (Fsp3) is 0.238. The van der Waals surface area contributed by atoms with Crippen molar-refractivity contribution in [2.24, 2.45) is 0 Å². The minimum absolute atomic E-state index is 0.112. The number of carbonyl (C=O) groups is 1. The highest BCUT2D eigenvalue weighted by molar-refractivity contribution is 6.31. The van der Waals surface area contributed by atoms with Crippen LogP contribution < -0.4 is 10.2 Å². The summed E-state index contributed by atoms with van der Waals surface area (Å²) < 4.78 is 0. The number of aryl methyl sites for hydroxylation is 1. The third-order valence-electron chi connectivity index (χ3n) is 4.45. The Morgan fingerprint density at radius 2 is 2.00 bits per heavy atom. The maximum atomic E-state index is 12.8. The minimum atomic E-state index is -0.259. The first-order chi connectivity index (χ1) is 12.7. The van der Waals surface area contributed by atoms with Crippen molar-refractivity contribution in [2.75, 3.05) is 18.0 Å². The van der Waals surface area contributed by atoms with Crippen molar-refractivity contribution in [1.29, 1.82) is 5.26 Å². The van der Waals surface area contributed by atoms with Gasteiger partial charge in [-0.3, -0.25) is 4.79 Å². The SMILES string of the molecule is N#C/C(=C/NCCc1ccccc1Cl)C(=O)N1CCCc2ccccc21. The van der Waals surface area contributed by atoms with E-state index in [1.807, 2.05) is 54.6 Å². The standard InChI is InChI=1S/C21H20ClN3O/c22-19-9-3-1-6-16(19)11-12-24-15-18(14-23)21(26)25-13-5-8-17-7-2-4-10-20(17)25/h1-4,6-7,9-10,15,24H,5,8,11-13H2/b18-15-. The summed E-state index contributed by atoms with van der Waals surface area (Å²) in [5.74, 6) is -0.259. The van der Waals surface area contributed by atoms with Gasteiger partial charge in [-0.15, -0.1) is 0 Å². The van der Waals surface area contributed by atoms with E-state index in [4.69, 9.17) is 11.6 Å². The topological polar surface area (TPSA) is 56.1 Å². The number of benzene rings is 2. The summed E-state index contributed by atoms with van der Waals surface area (Å²) in [5.41, 5.74) is 3.20. The number of nitriles is 1. The number of nitrogens with zero attached hydrogens (tertiary/aromatic N) is 2. The van der Waals surface area contributed by atoms with Crippen molar-refractivity contribution >= 4 is 23.2 Å². The van der Waals surface area contributed by atoms with Crippen molar-refractivity contribution in [3.8, 4) is 6.07 Å². The van der Waals surface area contributed by atoms with Crippen LogP contribution in [0.1, 0.15) is 17.5 Å². The minimum Gasteiger partial charge on any atom is -0.389 e. The number of para-hydroxylation sites is 1. The number of fused-ring (bicyclic) bond motifs is 1. The maximum Gasteiger partial charge on any atom is 0.270 e. The summed E-state index contributed by atoms with van der Waals surface area (Å²) in [5, 5.41) is 13.2. The van der Waals surface area contributed by atoms with Crippen LogP contribution in [-0.2, 0) is 17.6 Å². The Morgan fingerprint density at radius 3 is 2.81 bits per heavy atom. The van der Waals surface area contributed by atoms with E-state index in [2.05, 4.69) is 5.32 Å². The van der Waals surface area contributed by atoms with E-state index in [-0.39, 0.29) is 11.5 Å². The van der Waals surface area contributed by atoms with E-state index >= 15 is 0 Å². The molecule has 0 spiro atoms. The van der Waals surface area contributed by atoms with E-state index in [0.717, 1.165) is 41.1 Å². The van der Waals surface area contributed by atoms with Crippen LogP contribution in [0, 0.1) is 11.3 Å². The van der Waals surface area contributed by atoms with Gasteiger partial charge >= 0.3 is 0 Å². The van der Waals surface area contributed by atoms with E-state index in [1.54, 1.807) is 4.90 Å². The first-order valence-corrected chi connectivity index (χ1v) is 9.05. The summed E-state index contributed by atoms with van der Waals surface area (Å²) in [6, 6.07) is 17.5. The molecule has 1 aliphatic rings. The van der Waals surface area contributed by atoms with Crippen LogP contribution in [0.5, 0.6) is 0 Å². The van der Waals surface area contributed by atoms with Crippen LogP contribution >= 0.6 is 11.6 Å². The van der Waals surface area contributed by atoms with Gasteiger partial charge in [-0.1, -0.05) is 48.0 Å². The molecule has 26 heavy (non-hydrogen) atoms. The number of carbonyl (C=O) groups excluding carboxylic acids is 1. The lowest BCUT2D eigenvalue weighted by molar-refractivity contribution is -0.114. The Kier molecular flexibility index (Phi) is 5.93.